The summed E-state index contributed by atoms with van der Waals surface area (Å²) < 4.78 is 16.1. The average molecular weight is 430 g/mol. The van der Waals surface area contributed by atoms with Crippen molar-refractivity contribution in [3.8, 4) is 5.75 Å². The van der Waals surface area contributed by atoms with E-state index in [0.29, 0.717) is 21.7 Å². The van der Waals surface area contributed by atoms with Gasteiger partial charge in [-0.2, -0.15) is 0 Å². The molecule has 0 radical (unpaired) electrons. The molecule has 27 heavy (non-hydrogen) atoms. The van der Waals surface area contributed by atoms with Gasteiger partial charge in [-0.25, -0.2) is 4.79 Å². The summed E-state index contributed by atoms with van der Waals surface area (Å²) >= 11 is 3.13. The molecule has 1 heterocycles. The Balaban J connectivity index is 1.80. The van der Waals surface area contributed by atoms with Gasteiger partial charge >= 0.3 is 5.97 Å². The topological polar surface area (TPSA) is 77.8 Å². The van der Waals surface area contributed by atoms with Crippen molar-refractivity contribution in [1.82, 2.24) is 0 Å². The molecule has 1 atom stereocenters. The summed E-state index contributed by atoms with van der Waals surface area (Å²) in [7, 11) is 1.56. The maximum Gasteiger partial charge on any atom is 0.375 e. The summed E-state index contributed by atoms with van der Waals surface area (Å²) in [6, 6.07) is 18.6. The molecule has 0 aliphatic heterocycles. The molecular formula is C20H16BrNO5. The maximum atomic E-state index is 12.8. The average Bonchev–Trinajstić information content (AvgIpc) is 3.13. The van der Waals surface area contributed by atoms with E-state index in [1.807, 2.05) is 6.07 Å². The number of hydrogen-bond acceptors (Lipinski definition) is 5. The largest absolute Gasteiger partial charge is 0.497 e. The highest BCUT2D eigenvalue weighted by molar-refractivity contribution is 9.10. The Labute approximate surface area is 164 Å². The smallest absolute Gasteiger partial charge is 0.375 e. The third-order valence-corrected chi connectivity index (χ3v) is 4.12. The van der Waals surface area contributed by atoms with Crippen LogP contribution in [0.4, 0.5) is 5.69 Å². The van der Waals surface area contributed by atoms with E-state index in [1.54, 1.807) is 61.7 Å². The van der Waals surface area contributed by atoms with Gasteiger partial charge in [0.25, 0.3) is 5.91 Å². The van der Waals surface area contributed by atoms with Crippen LogP contribution in [0.2, 0.25) is 0 Å². The summed E-state index contributed by atoms with van der Waals surface area (Å²) in [4.78, 5) is 25.1. The Kier molecular flexibility index (Phi) is 5.93. The van der Waals surface area contributed by atoms with Crippen molar-refractivity contribution in [2.24, 2.45) is 0 Å². The van der Waals surface area contributed by atoms with Gasteiger partial charge in [0.15, 0.2) is 4.67 Å². The lowest BCUT2D eigenvalue weighted by Gasteiger charge is -2.17. The second-order valence-electron chi connectivity index (χ2n) is 5.52. The molecule has 138 valence electrons. The van der Waals surface area contributed by atoms with Crippen LogP contribution < -0.4 is 10.1 Å². The minimum Gasteiger partial charge on any atom is -0.497 e. The molecule has 0 saturated carbocycles. The molecule has 1 amide bonds. The van der Waals surface area contributed by atoms with Crippen LogP contribution in [-0.4, -0.2) is 19.0 Å². The summed E-state index contributed by atoms with van der Waals surface area (Å²) in [5.41, 5.74) is 1.10. The number of methoxy groups -OCH3 is 1. The molecular weight excluding hydrogens is 414 g/mol. The first-order valence-electron chi connectivity index (χ1n) is 8.03. The number of rotatable bonds is 6. The van der Waals surface area contributed by atoms with E-state index in [0.717, 1.165) is 0 Å². The lowest BCUT2D eigenvalue weighted by Crippen LogP contribution is -2.25. The Morgan fingerprint density at radius 3 is 2.30 bits per heavy atom. The van der Waals surface area contributed by atoms with Crippen LogP contribution in [0.5, 0.6) is 5.75 Å². The number of benzene rings is 2. The first-order valence-corrected chi connectivity index (χ1v) is 8.82. The van der Waals surface area contributed by atoms with Crippen LogP contribution in [0.1, 0.15) is 22.2 Å². The van der Waals surface area contributed by atoms with Crippen LogP contribution in [0, 0.1) is 0 Å². The van der Waals surface area contributed by atoms with Crippen LogP contribution in [0.3, 0.4) is 0 Å². The van der Waals surface area contributed by atoms with Crippen molar-refractivity contribution < 1.29 is 23.5 Å². The molecule has 0 aliphatic rings. The van der Waals surface area contributed by atoms with Crippen LogP contribution in [0.15, 0.2) is 75.8 Å². The molecule has 7 heteroatoms. The minimum absolute atomic E-state index is 0.0000496. The van der Waals surface area contributed by atoms with Gasteiger partial charge in [0.05, 0.1) is 7.11 Å². The number of amides is 1. The second kappa shape index (κ2) is 8.55. The quantitative estimate of drug-likeness (QED) is 0.579. The number of furan rings is 1. The minimum atomic E-state index is -1.13. The van der Waals surface area contributed by atoms with Gasteiger partial charge in [-0.05, 0) is 52.3 Å². The van der Waals surface area contributed by atoms with Crippen molar-refractivity contribution in [3.63, 3.8) is 0 Å². The molecule has 0 bridgehead atoms. The predicted octanol–water partition coefficient (Wildman–Crippen LogP) is 4.59. The van der Waals surface area contributed by atoms with Gasteiger partial charge in [-0.15, -0.1) is 0 Å². The number of carbonyl (C=O) groups excluding carboxylic acids is 2. The number of anilines is 1. The highest BCUT2D eigenvalue weighted by Gasteiger charge is 2.27. The van der Waals surface area contributed by atoms with Crippen LogP contribution in [0.25, 0.3) is 0 Å². The first-order chi connectivity index (χ1) is 13.1. The molecule has 1 aromatic heterocycles. The van der Waals surface area contributed by atoms with Crippen molar-refractivity contribution in [2.75, 3.05) is 12.4 Å². The van der Waals surface area contributed by atoms with Crippen molar-refractivity contribution in [3.05, 3.63) is 82.7 Å². The van der Waals surface area contributed by atoms with Gasteiger partial charge < -0.3 is 19.2 Å². The molecule has 3 aromatic rings. The Hall–Kier alpha value is -3.06. The molecule has 0 spiro atoms. The highest BCUT2D eigenvalue weighted by Crippen LogP contribution is 2.24. The number of halogens is 1. The summed E-state index contributed by atoms with van der Waals surface area (Å²) in [5, 5.41) is 2.74. The normalized spacial score (nSPS) is 11.5. The van der Waals surface area contributed by atoms with Gasteiger partial charge in [-0.3, -0.25) is 4.79 Å². The predicted molar refractivity (Wildman–Crippen MR) is 103 cm³/mol. The van der Waals surface area contributed by atoms with Crippen LogP contribution >= 0.6 is 15.9 Å². The second-order valence-corrected chi connectivity index (χ2v) is 6.30. The Bertz CT molecular complexity index is 921. The third-order valence-electron chi connectivity index (χ3n) is 3.70. The zero-order valence-corrected chi connectivity index (χ0v) is 15.9. The molecule has 1 N–H and O–H groups in total. The fourth-order valence-electron chi connectivity index (χ4n) is 2.37. The third kappa shape index (κ3) is 4.77. The number of ether oxygens (including phenoxy) is 2. The molecule has 0 saturated heterocycles. The molecule has 6 nitrogen and oxygen atoms in total. The summed E-state index contributed by atoms with van der Waals surface area (Å²) in [6.07, 6.45) is -1.13. The number of hydrogen-bond donors (Lipinski definition) is 1. The summed E-state index contributed by atoms with van der Waals surface area (Å²) in [5.74, 6) is -0.549. The Morgan fingerprint density at radius 2 is 1.70 bits per heavy atom. The van der Waals surface area contributed by atoms with Crippen molar-refractivity contribution in [1.29, 1.82) is 0 Å². The zero-order valence-electron chi connectivity index (χ0n) is 14.3. The first kappa shape index (κ1) is 18.7. The standard InChI is InChI=1S/C20H16BrNO5/c1-25-15-9-7-14(8-10-15)22-19(23)18(13-5-3-2-4-6-13)27-20(24)16-11-12-17(21)26-16/h2-12,18H,1H3,(H,22,23). The van der Waals surface area contributed by atoms with Crippen molar-refractivity contribution in [2.45, 2.75) is 6.10 Å². The van der Waals surface area contributed by atoms with Gasteiger partial charge in [0.2, 0.25) is 11.9 Å². The molecule has 1 unspecified atom stereocenters. The van der Waals surface area contributed by atoms with E-state index < -0.39 is 18.0 Å². The van der Waals surface area contributed by atoms with Gasteiger partial charge in [-0.1, -0.05) is 30.3 Å². The van der Waals surface area contributed by atoms with E-state index >= 15 is 0 Å². The van der Waals surface area contributed by atoms with Crippen molar-refractivity contribution >= 4 is 33.5 Å². The van der Waals surface area contributed by atoms with E-state index in [-0.39, 0.29) is 5.76 Å². The van der Waals surface area contributed by atoms with Gasteiger partial charge in [0, 0.05) is 11.3 Å². The monoisotopic (exact) mass is 429 g/mol. The summed E-state index contributed by atoms with van der Waals surface area (Å²) in [6.45, 7) is 0. The van der Waals surface area contributed by atoms with Gasteiger partial charge in [0.1, 0.15) is 5.75 Å². The van der Waals surface area contributed by atoms with E-state index in [1.165, 1.54) is 6.07 Å². The molecule has 2 aromatic carbocycles. The maximum absolute atomic E-state index is 12.8. The number of esters is 1. The lowest BCUT2D eigenvalue weighted by molar-refractivity contribution is -0.125. The lowest BCUT2D eigenvalue weighted by atomic mass is 10.1. The van der Waals surface area contributed by atoms with E-state index in [2.05, 4.69) is 21.2 Å². The number of carbonyl (C=O) groups is 2. The Morgan fingerprint density at radius 1 is 1.00 bits per heavy atom. The fraction of sp³-hybridized carbons (Fsp3) is 0.100. The highest BCUT2D eigenvalue weighted by atomic mass is 79.9. The zero-order chi connectivity index (χ0) is 19.2. The number of nitrogens with one attached hydrogen (secondary N) is 1. The fourth-order valence-corrected chi connectivity index (χ4v) is 2.68. The SMILES string of the molecule is COc1ccc(NC(=O)C(OC(=O)c2ccc(Br)o2)c2ccccc2)cc1. The molecule has 3 rings (SSSR count). The van der Waals surface area contributed by atoms with Crippen LogP contribution in [-0.2, 0) is 9.53 Å². The van der Waals surface area contributed by atoms with E-state index in [9.17, 15) is 9.59 Å². The molecule has 0 fully saturated rings. The molecule has 0 aliphatic carbocycles. The van der Waals surface area contributed by atoms with E-state index in [4.69, 9.17) is 13.9 Å².